The summed E-state index contributed by atoms with van der Waals surface area (Å²) >= 11 is 7.33. The van der Waals surface area contributed by atoms with Gasteiger partial charge in [-0.1, -0.05) is 11.6 Å². The van der Waals surface area contributed by atoms with Crippen LogP contribution < -0.4 is 0 Å². The van der Waals surface area contributed by atoms with Crippen LogP contribution in [0, 0.1) is 12.7 Å². The van der Waals surface area contributed by atoms with E-state index in [-0.39, 0.29) is 5.82 Å². The summed E-state index contributed by atoms with van der Waals surface area (Å²) in [6, 6.07) is 2.88. The minimum absolute atomic E-state index is 0.226. The number of halogens is 2. The van der Waals surface area contributed by atoms with Gasteiger partial charge in [-0.25, -0.2) is 4.39 Å². The van der Waals surface area contributed by atoms with E-state index >= 15 is 0 Å². The van der Waals surface area contributed by atoms with Gasteiger partial charge in [0.1, 0.15) is 5.82 Å². The molecule has 0 saturated carbocycles. The van der Waals surface area contributed by atoms with E-state index in [0.29, 0.717) is 5.02 Å². The first-order chi connectivity index (χ1) is 5.15. The van der Waals surface area contributed by atoms with E-state index in [1.165, 1.54) is 23.9 Å². The van der Waals surface area contributed by atoms with Gasteiger partial charge < -0.3 is 0 Å². The molecule has 0 amide bonds. The molecule has 1 rings (SSSR count). The first kappa shape index (κ1) is 8.88. The van der Waals surface area contributed by atoms with Crippen molar-refractivity contribution in [2.45, 2.75) is 11.8 Å². The summed E-state index contributed by atoms with van der Waals surface area (Å²) in [6.45, 7) is 1.80. The number of hydrogen-bond donors (Lipinski definition) is 0. The van der Waals surface area contributed by atoms with Crippen LogP contribution in [0.4, 0.5) is 4.39 Å². The van der Waals surface area contributed by atoms with E-state index in [1.807, 2.05) is 6.26 Å². The fourth-order valence-electron chi connectivity index (χ4n) is 0.843. The van der Waals surface area contributed by atoms with E-state index in [0.717, 1.165) is 10.5 Å². The summed E-state index contributed by atoms with van der Waals surface area (Å²) in [5.74, 6) is -0.226. The van der Waals surface area contributed by atoms with Crippen LogP contribution in [-0.4, -0.2) is 6.26 Å². The number of thioether (sulfide) groups is 1. The molecule has 0 bridgehead atoms. The number of aryl methyl sites for hydroxylation is 1. The summed E-state index contributed by atoms with van der Waals surface area (Å²) in [5.41, 5.74) is 0.788. The van der Waals surface area contributed by atoms with Gasteiger partial charge in [-0.3, -0.25) is 0 Å². The van der Waals surface area contributed by atoms with Crippen LogP contribution in [-0.2, 0) is 0 Å². The second-order valence-electron chi connectivity index (χ2n) is 2.24. The molecule has 0 heterocycles. The van der Waals surface area contributed by atoms with Crippen molar-refractivity contribution in [1.82, 2.24) is 0 Å². The van der Waals surface area contributed by atoms with Gasteiger partial charge in [0.25, 0.3) is 0 Å². The zero-order valence-electron chi connectivity index (χ0n) is 6.32. The molecule has 0 aliphatic rings. The van der Waals surface area contributed by atoms with Gasteiger partial charge in [-0.15, -0.1) is 11.8 Å². The Bertz CT molecular complexity index is 273. The van der Waals surface area contributed by atoms with Crippen molar-refractivity contribution in [1.29, 1.82) is 0 Å². The van der Waals surface area contributed by atoms with Gasteiger partial charge >= 0.3 is 0 Å². The van der Waals surface area contributed by atoms with E-state index in [4.69, 9.17) is 11.6 Å². The van der Waals surface area contributed by atoms with Crippen LogP contribution in [0.25, 0.3) is 0 Å². The predicted molar refractivity (Wildman–Crippen MR) is 47.9 cm³/mol. The van der Waals surface area contributed by atoms with Crippen LogP contribution in [0.2, 0.25) is 5.02 Å². The average Bonchev–Trinajstić information content (AvgIpc) is 1.96. The predicted octanol–water partition coefficient (Wildman–Crippen LogP) is 3.51. The van der Waals surface area contributed by atoms with Crippen molar-refractivity contribution in [3.63, 3.8) is 0 Å². The van der Waals surface area contributed by atoms with Crippen LogP contribution in [0.5, 0.6) is 0 Å². The molecular weight excluding hydrogens is 183 g/mol. The molecule has 0 unspecified atom stereocenters. The highest BCUT2D eigenvalue weighted by Crippen LogP contribution is 2.28. The fourth-order valence-corrected chi connectivity index (χ4v) is 1.75. The van der Waals surface area contributed by atoms with Crippen LogP contribution in [0.15, 0.2) is 17.0 Å². The van der Waals surface area contributed by atoms with E-state index in [9.17, 15) is 4.39 Å². The third kappa shape index (κ3) is 1.88. The molecule has 60 valence electrons. The molecule has 3 heteroatoms. The second-order valence-corrected chi connectivity index (χ2v) is 3.46. The molecule has 0 aromatic heterocycles. The lowest BCUT2D eigenvalue weighted by Crippen LogP contribution is -1.82. The monoisotopic (exact) mass is 190 g/mol. The standard InChI is InChI=1S/C8H8ClFS/c1-5-3-6(10)4-7(11-2)8(5)9/h3-4H,1-2H3. The summed E-state index contributed by atoms with van der Waals surface area (Å²) < 4.78 is 12.7. The maximum Gasteiger partial charge on any atom is 0.124 e. The van der Waals surface area contributed by atoms with E-state index in [2.05, 4.69) is 0 Å². The lowest BCUT2D eigenvalue weighted by molar-refractivity contribution is 0.623. The molecule has 0 radical (unpaired) electrons. The highest BCUT2D eigenvalue weighted by atomic mass is 35.5. The molecule has 0 N–H and O–H groups in total. The quantitative estimate of drug-likeness (QED) is 0.611. The first-order valence-corrected chi connectivity index (χ1v) is 4.75. The third-order valence-corrected chi connectivity index (χ3v) is 2.78. The smallest absolute Gasteiger partial charge is 0.124 e. The number of rotatable bonds is 1. The normalized spacial score (nSPS) is 10.2. The Morgan fingerprint density at radius 2 is 2.09 bits per heavy atom. The molecule has 0 spiro atoms. The molecule has 1 aromatic rings. The minimum Gasteiger partial charge on any atom is -0.207 e. The van der Waals surface area contributed by atoms with Gasteiger partial charge in [-0.2, -0.15) is 0 Å². The molecule has 0 aliphatic heterocycles. The van der Waals surface area contributed by atoms with Crippen molar-refractivity contribution >= 4 is 23.4 Å². The fraction of sp³-hybridized carbons (Fsp3) is 0.250. The van der Waals surface area contributed by atoms with Crippen molar-refractivity contribution in [2.24, 2.45) is 0 Å². The minimum atomic E-state index is -0.226. The van der Waals surface area contributed by atoms with Gasteiger partial charge in [0.2, 0.25) is 0 Å². The molecule has 0 saturated heterocycles. The topological polar surface area (TPSA) is 0 Å². The maximum absolute atomic E-state index is 12.7. The Hall–Kier alpha value is -0.210. The van der Waals surface area contributed by atoms with Crippen LogP contribution >= 0.6 is 23.4 Å². The highest BCUT2D eigenvalue weighted by Gasteiger charge is 2.04. The maximum atomic E-state index is 12.7. The van der Waals surface area contributed by atoms with Crippen molar-refractivity contribution in [3.8, 4) is 0 Å². The van der Waals surface area contributed by atoms with E-state index in [1.54, 1.807) is 6.92 Å². The zero-order valence-corrected chi connectivity index (χ0v) is 7.89. The van der Waals surface area contributed by atoms with Crippen molar-refractivity contribution in [2.75, 3.05) is 6.26 Å². The van der Waals surface area contributed by atoms with Gasteiger partial charge in [0.05, 0.1) is 5.02 Å². The number of benzene rings is 1. The molecule has 0 nitrogen and oxygen atoms in total. The lowest BCUT2D eigenvalue weighted by atomic mass is 10.2. The Morgan fingerprint density at radius 3 is 2.64 bits per heavy atom. The molecule has 0 fully saturated rings. The molecule has 1 aromatic carbocycles. The Balaban J connectivity index is 3.24. The van der Waals surface area contributed by atoms with Crippen molar-refractivity contribution in [3.05, 3.63) is 28.5 Å². The SMILES string of the molecule is CSc1cc(F)cc(C)c1Cl. The summed E-state index contributed by atoms with van der Waals surface area (Å²) in [7, 11) is 0. The highest BCUT2D eigenvalue weighted by molar-refractivity contribution is 7.98. The van der Waals surface area contributed by atoms with E-state index < -0.39 is 0 Å². The Morgan fingerprint density at radius 1 is 1.45 bits per heavy atom. The molecule has 0 atom stereocenters. The molecular formula is C8H8ClFS. The molecule has 11 heavy (non-hydrogen) atoms. The van der Waals surface area contributed by atoms with Crippen LogP contribution in [0.3, 0.4) is 0 Å². The summed E-state index contributed by atoms with van der Waals surface area (Å²) in [5, 5.41) is 0.652. The van der Waals surface area contributed by atoms with Gasteiger partial charge in [0.15, 0.2) is 0 Å². The average molecular weight is 191 g/mol. The Kier molecular flexibility index (Phi) is 2.79. The zero-order chi connectivity index (χ0) is 8.43. The van der Waals surface area contributed by atoms with Gasteiger partial charge in [0, 0.05) is 4.90 Å². The lowest BCUT2D eigenvalue weighted by Gasteiger charge is -2.03. The third-order valence-electron chi connectivity index (χ3n) is 1.41. The second kappa shape index (κ2) is 3.46. The largest absolute Gasteiger partial charge is 0.207 e. The number of hydrogen-bond acceptors (Lipinski definition) is 1. The molecule has 0 aliphatic carbocycles. The van der Waals surface area contributed by atoms with Crippen molar-refractivity contribution < 1.29 is 4.39 Å². The van der Waals surface area contributed by atoms with Gasteiger partial charge in [-0.05, 0) is 30.9 Å². The summed E-state index contributed by atoms with van der Waals surface area (Å²) in [6.07, 6.45) is 1.88. The Labute approximate surface area is 74.8 Å². The van der Waals surface area contributed by atoms with Crippen LogP contribution in [0.1, 0.15) is 5.56 Å². The summed E-state index contributed by atoms with van der Waals surface area (Å²) in [4.78, 5) is 0.796. The first-order valence-electron chi connectivity index (χ1n) is 3.15.